The zero-order valence-electron chi connectivity index (χ0n) is 14.0. The van der Waals surface area contributed by atoms with E-state index in [1.807, 2.05) is 13.8 Å². The fourth-order valence-corrected chi connectivity index (χ4v) is 2.41. The number of halogens is 2. The quantitative estimate of drug-likeness (QED) is 0.628. The van der Waals surface area contributed by atoms with Crippen molar-refractivity contribution >= 4 is 45.8 Å². The predicted molar refractivity (Wildman–Crippen MR) is 104 cm³/mol. The molecule has 8 heteroatoms. The van der Waals surface area contributed by atoms with Crippen LogP contribution >= 0.6 is 28.3 Å². The molecule has 136 valence electrons. The third-order valence-corrected chi connectivity index (χ3v) is 3.75. The molecule has 0 saturated carbocycles. The molecule has 2 amide bonds. The molecule has 1 atom stereocenters. The van der Waals surface area contributed by atoms with E-state index in [1.165, 1.54) is 0 Å². The summed E-state index contributed by atoms with van der Waals surface area (Å²) in [6.45, 7) is 5.44. The smallest absolute Gasteiger partial charge is 0.291 e. The van der Waals surface area contributed by atoms with Crippen molar-refractivity contribution < 1.29 is 14.0 Å². The Morgan fingerprint density at radius 3 is 2.36 bits per heavy atom. The van der Waals surface area contributed by atoms with Gasteiger partial charge in [-0.1, -0.05) is 6.92 Å². The Balaban J connectivity index is 0.00000312. The summed E-state index contributed by atoms with van der Waals surface area (Å²) < 4.78 is 5.68. The third kappa shape index (κ3) is 6.53. The number of likely N-dealkylation sites (N-methyl/N-ethyl adjacent to an activating group) is 1. The number of nitrogens with one attached hydrogen (secondary N) is 3. The fourth-order valence-electron chi connectivity index (χ4n) is 2.10. The fraction of sp³-hybridized carbons (Fsp3) is 0.294. The van der Waals surface area contributed by atoms with Crippen molar-refractivity contribution in [2.75, 3.05) is 18.4 Å². The van der Waals surface area contributed by atoms with Crippen LogP contribution < -0.4 is 16.0 Å². The topological polar surface area (TPSA) is 83.4 Å². The van der Waals surface area contributed by atoms with Crippen LogP contribution in [0.15, 0.2) is 45.5 Å². The highest BCUT2D eigenvalue weighted by atomic mass is 79.9. The lowest BCUT2D eigenvalue weighted by molar-refractivity contribution is 0.0949. The molecule has 3 N–H and O–H groups in total. The van der Waals surface area contributed by atoms with Crippen molar-refractivity contribution in [3.05, 3.63) is 52.4 Å². The first-order valence-corrected chi connectivity index (χ1v) is 8.47. The van der Waals surface area contributed by atoms with Crippen molar-refractivity contribution in [3.8, 4) is 0 Å². The average Bonchev–Trinajstić information content (AvgIpc) is 3.00. The van der Waals surface area contributed by atoms with Crippen molar-refractivity contribution in [1.82, 2.24) is 10.6 Å². The molecule has 25 heavy (non-hydrogen) atoms. The minimum absolute atomic E-state index is 0. The molecule has 2 rings (SSSR count). The lowest BCUT2D eigenvalue weighted by Gasteiger charge is -2.13. The van der Waals surface area contributed by atoms with E-state index in [-0.39, 0.29) is 36.0 Å². The predicted octanol–water partition coefficient (Wildman–Crippen LogP) is 3.44. The molecule has 0 radical (unpaired) electrons. The van der Waals surface area contributed by atoms with Crippen LogP contribution in [0.4, 0.5) is 5.69 Å². The Labute approximate surface area is 161 Å². The van der Waals surface area contributed by atoms with Crippen LogP contribution in [0, 0.1) is 0 Å². The van der Waals surface area contributed by atoms with Gasteiger partial charge in [0.25, 0.3) is 11.8 Å². The maximum Gasteiger partial charge on any atom is 0.291 e. The minimum Gasteiger partial charge on any atom is -0.444 e. The van der Waals surface area contributed by atoms with E-state index >= 15 is 0 Å². The monoisotopic (exact) mass is 429 g/mol. The van der Waals surface area contributed by atoms with Gasteiger partial charge in [-0.15, -0.1) is 12.4 Å². The molecule has 0 aliphatic rings. The molecular formula is C17H21BrClN3O3. The number of anilines is 1. The maximum absolute atomic E-state index is 12.1. The second kappa shape index (κ2) is 10.2. The molecule has 0 fully saturated rings. The van der Waals surface area contributed by atoms with Gasteiger partial charge in [0.1, 0.15) is 0 Å². The van der Waals surface area contributed by atoms with Gasteiger partial charge in [0.05, 0.1) is 0 Å². The Hall–Kier alpha value is -1.83. The molecule has 1 aromatic carbocycles. The van der Waals surface area contributed by atoms with E-state index in [1.54, 1.807) is 36.4 Å². The number of rotatable bonds is 7. The number of carbonyl (C=O) groups excluding carboxylic acids is 2. The molecule has 1 aromatic heterocycles. The molecule has 0 unspecified atom stereocenters. The standard InChI is InChI=1S/C17H20BrN3O3.ClH/c1-3-19-11(2)10-20-16(22)12-4-6-13(7-5-12)21-17(23)14-8-9-15(18)24-14;/h4-9,11,19H,3,10H2,1-2H3,(H,20,22)(H,21,23);1H/t11-;/m1./s1. The van der Waals surface area contributed by atoms with Gasteiger partial charge in [0.15, 0.2) is 10.4 Å². The summed E-state index contributed by atoms with van der Waals surface area (Å²) in [5, 5.41) is 8.80. The number of carbonyl (C=O) groups is 2. The van der Waals surface area contributed by atoms with Crippen molar-refractivity contribution in [2.24, 2.45) is 0 Å². The maximum atomic E-state index is 12.1. The summed E-state index contributed by atoms with van der Waals surface area (Å²) in [7, 11) is 0. The van der Waals surface area contributed by atoms with Gasteiger partial charge in [-0.3, -0.25) is 9.59 Å². The van der Waals surface area contributed by atoms with Crippen molar-refractivity contribution in [2.45, 2.75) is 19.9 Å². The van der Waals surface area contributed by atoms with Crippen molar-refractivity contribution in [3.63, 3.8) is 0 Å². The summed E-state index contributed by atoms with van der Waals surface area (Å²) in [4.78, 5) is 24.0. The largest absolute Gasteiger partial charge is 0.444 e. The van der Waals surface area contributed by atoms with E-state index in [0.717, 1.165) is 6.54 Å². The summed E-state index contributed by atoms with van der Waals surface area (Å²) in [5.41, 5.74) is 1.13. The van der Waals surface area contributed by atoms with Crippen LogP contribution in [-0.2, 0) is 0 Å². The highest BCUT2D eigenvalue weighted by molar-refractivity contribution is 9.10. The van der Waals surface area contributed by atoms with Gasteiger partial charge in [0, 0.05) is 23.8 Å². The Bertz CT molecular complexity index is 703. The van der Waals surface area contributed by atoms with Crippen LogP contribution in [-0.4, -0.2) is 30.9 Å². The second-order valence-electron chi connectivity index (χ2n) is 5.30. The summed E-state index contributed by atoms with van der Waals surface area (Å²) in [6.07, 6.45) is 0. The SMILES string of the molecule is CCN[C@H](C)CNC(=O)c1ccc(NC(=O)c2ccc(Br)o2)cc1.Cl. The minimum atomic E-state index is -0.350. The number of hydrogen-bond acceptors (Lipinski definition) is 4. The summed E-state index contributed by atoms with van der Waals surface area (Å²) in [5.74, 6) is -0.286. The Morgan fingerprint density at radius 2 is 1.80 bits per heavy atom. The van der Waals surface area contributed by atoms with Gasteiger partial charge in [-0.2, -0.15) is 0 Å². The summed E-state index contributed by atoms with van der Waals surface area (Å²) >= 11 is 3.15. The number of hydrogen-bond donors (Lipinski definition) is 3. The molecule has 0 aliphatic heterocycles. The number of benzene rings is 1. The van der Waals surface area contributed by atoms with Gasteiger partial charge in [0.2, 0.25) is 0 Å². The van der Waals surface area contributed by atoms with Crippen LogP contribution in [0.25, 0.3) is 0 Å². The zero-order chi connectivity index (χ0) is 17.5. The van der Waals surface area contributed by atoms with Gasteiger partial charge >= 0.3 is 0 Å². The first kappa shape index (κ1) is 21.2. The van der Waals surface area contributed by atoms with E-state index in [9.17, 15) is 9.59 Å². The third-order valence-electron chi connectivity index (χ3n) is 3.32. The molecule has 1 heterocycles. The van der Waals surface area contributed by atoms with E-state index in [4.69, 9.17) is 4.42 Å². The van der Waals surface area contributed by atoms with Gasteiger partial charge < -0.3 is 20.4 Å². The highest BCUT2D eigenvalue weighted by Crippen LogP contribution is 2.16. The molecule has 0 aliphatic carbocycles. The number of furan rings is 1. The average molecular weight is 431 g/mol. The van der Waals surface area contributed by atoms with Gasteiger partial charge in [-0.05, 0) is 65.8 Å². The molecule has 6 nitrogen and oxygen atoms in total. The van der Waals surface area contributed by atoms with Gasteiger partial charge in [-0.25, -0.2) is 0 Å². The molecular weight excluding hydrogens is 410 g/mol. The Morgan fingerprint density at radius 1 is 1.12 bits per heavy atom. The van der Waals surface area contributed by atoms with Crippen molar-refractivity contribution in [1.29, 1.82) is 0 Å². The summed E-state index contributed by atoms with van der Waals surface area (Å²) in [6, 6.07) is 10.1. The lowest BCUT2D eigenvalue weighted by atomic mass is 10.2. The first-order valence-electron chi connectivity index (χ1n) is 7.68. The first-order chi connectivity index (χ1) is 11.5. The van der Waals surface area contributed by atoms with Crippen LogP contribution in [0.1, 0.15) is 34.8 Å². The van der Waals surface area contributed by atoms with E-state index in [2.05, 4.69) is 31.9 Å². The highest BCUT2D eigenvalue weighted by Gasteiger charge is 2.11. The van der Waals surface area contributed by atoms with Crippen LogP contribution in [0.5, 0.6) is 0 Å². The zero-order valence-corrected chi connectivity index (χ0v) is 16.4. The molecule has 0 spiro atoms. The van der Waals surface area contributed by atoms with Crippen LogP contribution in [0.2, 0.25) is 0 Å². The number of amides is 2. The molecule has 0 saturated heterocycles. The lowest BCUT2D eigenvalue weighted by Crippen LogP contribution is -2.38. The molecule has 2 aromatic rings. The second-order valence-corrected chi connectivity index (χ2v) is 6.09. The normalized spacial score (nSPS) is 11.3. The molecule has 0 bridgehead atoms. The van der Waals surface area contributed by atoms with E-state index < -0.39 is 0 Å². The van der Waals surface area contributed by atoms with E-state index in [0.29, 0.717) is 22.5 Å². The Kier molecular flexibility index (Phi) is 8.68. The van der Waals surface area contributed by atoms with Crippen LogP contribution in [0.3, 0.4) is 0 Å².